The maximum absolute atomic E-state index is 12.7. The van der Waals surface area contributed by atoms with Crippen LogP contribution < -0.4 is 5.32 Å². The van der Waals surface area contributed by atoms with Gasteiger partial charge in [0, 0.05) is 40.0 Å². The summed E-state index contributed by atoms with van der Waals surface area (Å²) >= 11 is 12.0. The van der Waals surface area contributed by atoms with Gasteiger partial charge in [-0.2, -0.15) is 0 Å². The molecule has 1 aliphatic rings. The quantitative estimate of drug-likeness (QED) is 0.707. The Morgan fingerprint density at radius 3 is 2.76 bits per heavy atom. The van der Waals surface area contributed by atoms with Gasteiger partial charge >= 0.3 is 0 Å². The first-order chi connectivity index (χ1) is 12.0. The van der Waals surface area contributed by atoms with Crippen LogP contribution in [0.3, 0.4) is 0 Å². The molecule has 2 heterocycles. The van der Waals surface area contributed by atoms with E-state index in [2.05, 4.69) is 28.8 Å². The maximum atomic E-state index is 12.7. The van der Waals surface area contributed by atoms with Crippen LogP contribution in [0.25, 0.3) is 5.65 Å². The number of nitrogens with zero attached hydrogens (tertiary/aromatic N) is 2. The molecule has 128 valence electrons. The van der Waals surface area contributed by atoms with E-state index < -0.39 is 0 Å². The van der Waals surface area contributed by atoms with Crippen molar-refractivity contribution in [2.75, 3.05) is 5.32 Å². The molecule has 0 saturated heterocycles. The number of fused-ring (bicyclic) bond motifs is 3. The van der Waals surface area contributed by atoms with Crippen molar-refractivity contribution in [2.45, 2.75) is 26.2 Å². The molecule has 1 atom stereocenters. The number of carbonyl (C=O) groups excluding carboxylic acids is 1. The van der Waals surface area contributed by atoms with Crippen LogP contribution in [0.5, 0.6) is 0 Å². The Kier molecular flexibility index (Phi) is 4.18. The van der Waals surface area contributed by atoms with Crippen molar-refractivity contribution in [1.29, 1.82) is 0 Å². The second kappa shape index (κ2) is 6.36. The summed E-state index contributed by atoms with van der Waals surface area (Å²) in [5.41, 5.74) is 4.99. The average Bonchev–Trinajstić information content (AvgIpc) is 2.90. The fraction of sp³-hybridized carbons (Fsp3) is 0.263. The number of pyridine rings is 1. The molecule has 0 saturated carbocycles. The largest absolute Gasteiger partial charge is 0.326 e. The number of benzene rings is 1. The zero-order valence-corrected chi connectivity index (χ0v) is 15.2. The number of imidazole rings is 1. The molecule has 0 bridgehead atoms. The normalized spacial score (nSPS) is 16.7. The number of aromatic nitrogens is 2. The molecular formula is C19H17Cl2N3O. The minimum absolute atomic E-state index is 0.00829. The summed E-state index contributed by atoms with van der Waals surface area (Å²) in [5.74, 6) is -0.0995. The molecule has 0 spiro atoms. The van der Waals surface area contributed by atoms with Gasteiger partial charge in [0.05, 0.1) is 5.69 Å². The van der Waals surface area contributed by atoms with Gasteiger partial charge in [-0.3, -0.25) is 4.79 Å². The molecule has 0 aliphatic heterocycles. The van der Waals surface area contributed by atoms with Crippen LogP contribution in [0, 0.1) is 12.8 Å². The van der Waals surface area contributed by atoms with E-state index in [1.54, 1.807) is 18.2 Å². The molecule has 0 fully saturated rings. The molecule has 1 amide bonds. The van der Waals surface area contributed by atoms with Crippen LogP contribution in [0.15, 0.2) is 36.5 Å². The zero-order chi connectivity index (χ0) is 17.6. The van der Waals surface area contributed by atoms with E-state index >= 15 is 0 Å². The Bertz CT molecular complexity index is 960. The third kappa shape index (κ3) is 3.24. The first kappa shape index (κ1) is 16.4. The summed E-state index contributed by atoms with van der Waals surface area (Å²) < 4.78 is 2.10. The lowest BCUT2D eigenvalue weighted by molar-refractivity contribution is -0.120. The van der Waals surface area contributed by atoms with Crippen LogP contribution in [0.1, 0.15) is 23.4 Å². The molecule has 25 heavy (non-hydrogen) atoms. The highest BCUT2D eigenvalue weighted by molar-refractivity contribution is 6.35. The standard InChI is InChI=1S/C19H17Cl2N3O/c1-11-4-5-24-17-7-12(2-3-16(17)23-18(24)6-11)19(25)22-15-9-13(20)8-14(21)10-15/h4-6,8-10,12H,2-3,7H2,1H3,(H,22,25). The van der Waals surface area contributed by atoms with Gasteiger partial charge < -0.3 is 9.72 Å². The van der Waals surface area contributed by atoms with Gasteiger partial charge in [0.1, 0.15) is 5.65 Å². The lowest BCUT2D eigenvalue weighted by Crippen LogP contribution is -2.28. The molecule has 1 aromatic carbocycles. The maximum Gasteiger partial charge on any atom is 0.227 e. The summed E-state index contributed by atoms with van der Waals surface area (Å²) in [6.45, 7) is 2.06. The fourth-order valence-corrected chi connectivity index (χ4v) is 3.93. The van der Waals surface area contributed by atoms with Gasteiger partial charge in [-0.1, -0.05) is 23.2 Å². The molecule has 1 N–H and O–H groups in total. The van der Waals surface area contributed by atoms with Crippen molar-refractivity contribution in [3.63, 3.8) is 0 Å². The number of hydrogen-bond donors (Lipinski definition) is 1. The van der Waals surface area contributed by atoms with Crippen LogP contribution in [0.2, 0.25) is 10.0 Å². The number of halogens is 2. The van der Waals surface area contributed by atoms with Crippen molar-refractivity contribution in [1.82, 2.24) is 9.38 Å². The Balaban J connectivity index is 1.57. The summed E-state index contributed by atoms with van der Waals surface area (Å²) in [5, 5.41) is 3.95. The lowest BCUT2D eigenvalue weighted by Gasteiger charge is -2.21. The Morgan fingerprint density at radius 2 is 2.00 bits per heavy atom. The lowest BCUT2D eigenvalue weighted by atomic mass is 9.89. The van der Waals surface area contributed by atoms with Gasteiger partial charge in [0.25, 0.3) is 0 Å². The topological polar surface area (TPSA) is 46.4 Å². The zero-order valence-electron chi connectivity index (χ0n) is 13.7. The predicted molar refractivity (Wildman–Crippen MR) is 101 cm³/mol. The predicted octanol–water partition coefficient (Wildman–Crippen LogP) is 4.69. The van der Waals surface area contributed by atoms with Crippen molar-refractivity contribution >= 4 is 40.4 Å². The van der Waals surface area contributed by atoms with Crippen LogP contribution in [-0.2, 0) is 17.6 Å². The van der Waals surface area contributed by atoms with Crippen molar-refractivity contribution in [3.8, 4) is 0 Å². The molecule has 3 aromatic rings. The van der Waals surface area contributed by atoms with Crippen LogP contribution in [0.4, 0.5) is 5.69 Å². The number of hydrogen-bond acceptors (Lipinski definition) is 2. The number of nitrogens with one attached hydrogen (secondary N) is 1. The minimum atomic E-state index is -0.0912. The van der Waals surface area contributed by atoms with Gasteiger partial charge in [-0.25, -0.2) is 4.98 Å². The average molecular weight is 374 g/mol. The van der Waals surface area contributed by atoms with Gasteiger partial charge in [0.15, 0.2) is 0 Å². The molecule has 2 aromatic heterocycles. The molecule has 4 nitrogen and oxygen atoms in total. The van der Waals surface area contributed by atoms with Gasteiger partial charge in [-0.05, 0) is 55.7 Å². The summed E-state index contributed by atoms with van der Waals surface area (Å²) in [6, 6.07) is 9.19. The Labute approximate surface area is 155 Å². The molecular weight excluding hydrogens is 357 g/mol. The van der Waals surface area contributed by atoms with E-state index in [-0.39, 0.29) is 11.8 Å². The summed E-state index contributed by atoms with van der Waals surface area (Å²) in [6.07, 6.45) is 4.31. The molecule has 1 unspecified atom stereocenters. The van der Waals surface area contributed by atoms with Crippen LogP contribution in [-0.4, -0.2) is 15.3 Å². The van der Waals surface area contributed by atoms with E-state index in [4.69, 9.17) is 28.2 Å². The van der Waals surface area contributed by atoms with Crippen molar-refractivity contribution in [2.24, 2.45) is 5.92 Å². The number of carbonyl (C=O) groups is 1. The first-order valence-electron chi connectivity index (χ1n) is 8.23. The summed E-state index contributed by atoms with van der Waals surface area (Å²) in [4.78, 5) is 17.4. The van der Waals surface area contributed by atoms with E-state index in [9.17, 15) is 4.79 Å². The molecule has 6 heteroatoms. The van der Waals surface area contributed by atoms with Gasteiger partial charge in [0.2, 0.25) is 5.91 Å². The third-order valence-electron chi connectivity index (χ3n) is 4.63. The van der Waals surface area contributed by atoms with Crippen LogP contribution >= 0.6 is 23.2 Å². The first-order valence-corrected chi connectivity index (χ1v) is 8.98. The van der Waals surface area contributed by atoms with E-state index in [0.29, 0.717) is 22.2 Å². The highest BCUT2D eigenvalue weighted by atomic mass is 35.5. The monoisotopic (exact) mass is 373 g/mol. The second-order valence-corrected chi connectivity index (χ2v) is 7.40. The Hall–Kier alpha value is -2.04. The molecule has 4 rings (SSSR count). The highest BCUT2D eigenvalue weighted by Crippen LogP contribution is 2.29. The minimum Gasteiger partial charge on any atom is -0.326 e. The van der Waals surface area contributed by atoms with E-state index in [0.717, 1.165) is 29.9 Å². The summed E-state index contributed by atoms with van der Waals surface area (Å²) in [7, 11) is 0. The highest BCUT2D eigenvalue weighted by Gasteiger charge is 2.28. The van der Waals surface area contributed by atoms with E-state index in [1.807, 2.05) is 6.20 Å². The second-order valence-electron chi connectivity index (χ2n) is 6.52. The Morgan fingerprint density at radius 1 is 1.24 bits per heavy atom. The van der Waals surface area contributed by atoms with Crippen molar-refractivity contribution < 1.29 is 4.79 Å². The number of rotatable bonds is 2. The molecule has 0 radical (unpaired) electrons. The SMILES string of the molecule is Cc1ccn2c3c(nc2c1)CCC(C(=O)Nc1cc(Cl)cc(Cl)c1)C3. The third-order valence-corrected chi connectivity index (χ3v) is 5.07. The van der Waals surface area contributed by atoms with Gasteiger partial charge in [-0.15, -0.1) is 0 Å². The van der Waals surface area contributed by atoms with Crippen molar-refractivity contribution in [3.05, 3.63) is 63.5 Å². The number of amides is 1. The smallest absolute Gasteiger partial charge is 0.227 e. The fourth-order valence-electron chi connectivity index (χ4n) is 3.40. The van der Waals surface area contributed by atoms with E-state index in [1.165, 1.54) is 5.56 Å². The molecule has 1 aliphatic carbocycles. The number of aryl methyl sites for hydroxylation is 2. The number of anilines is 1.